The Morgan fingerprint density at radius 2 is 1.74 bits per heavy atom. The number of nitrogens with one attached hydrogen (secondary N) is 1. The number of aromatic amines is 1. The Balaban J connectivity index is 2.03. The average molecular weight is 360 g/mol. The van der Waals surface area contributed by atoms with Crippen molar-refractivity contribution in [2.45, 2.75) is 6.92 Å². The molecule has 0 spiro atoms. The molecule has 134 valence electrons. The second-order valence-electron chi connectivity index (χ2n) is 5.99. The Kier molecular flexibility index (Phi) is 5.04. The molecule has 6 heteroatoms. The van der Waals surface area contributed by atoms with Crippen molar-refractivity contribution in [3.63, 3.8) is 0 Å². The fourth-order valence-corrected chi connectivity index (χ4v) is 2.66. The van der Waals surface area contributed by atoms with Crippen LogP contribution < -0.4 is 10.3 Å². The van der Waals surface area contributed by atoms with Gasteiger partial charge in [-0.05, 0) is 36.2 Å². The molecule has 0 amide bonds. The summed E-state index contributed by atoms with van der Waals surface area (Å²) in [5.74, 6) is -0.675. The van der Waals surface area contributed by atoms with Crippen LogP contribution in [0.15, 0.2) is 59.4 Å². The molecule has 1 heterocycles. The molecule has 2 N–H and O–H groups in total. The third kappa shape index (κ3) is 4.05. The van der Waals surface area contributed by atoms with Gasteiger partial charge in [0.05, 0.1) is 0 Å². The maximum absolute atomic E-state index is 12.4. The third-order valence-corrected chi connectivity index (χ3v) is 4.04. The summed E-state index contributed by atoms with van der Waals surface area (Å²) in [6.07, 6.45) is 0. The van der Waals surface area contributed by atoms with Crippen molar-refractivity contribution in [2.24, 2.45) is 0 Å². The molecule has 0 saturated carbocycles. The van der Waals surface area contributed by atoms with Gasteiger partial charge in [-0.25, -0.2) is 4.79 Å². The maximum Gasteiger partial charge on any atom is 0.341 e. The first-order valence-electron chi connectivity index (χ1n) is 8.17. The van der Waals surface area contributed by atoms with Crippen LogP contribution in [0.25, 0.3) is 22.4 Å². The topological polar surface area (TPSA) is 103 Å². The van der Waals surface area contributed by atoms with Gasteiger partial charge in [0.2, 0.25) is 0 Å². The monoisotopic (exact) mass is 360 g/mol. The number of nitriles is 1. The predicted octanol–water partition coefficient (Wildman–Crippen LogP) is 3.35. The number of carboxylic acids is 1. The molecule has 0 atom stereocenters. The number of carboxylic acid groups (broad SMARTS) is 1. The number of hydrogen-bond donors (Lipinski definition) is 2. The van der Waals surface area contributed by atoms with E-state index in [2.05, 4.69) is 4.98 Å². The van der Waals surface area contributed by atoms with Gasteiger partial charge in [-0.15, -0.1) is 0 Å². The van der Waals surface area contributed by atoms with Gasteiger partial charge in [0.25, 0.3) is 5.56 Å². The van der Waals surface area contributed by atoms with Crippen LogP contribution in [-0.2, 0) is 4.79 Å². The lowest BCUT2D eigenvalue weighted by atomic mass is 9.99. The molecule has 27 heavy (non-hydrogen) atoms. The molecule has 3 aromatic rings. The minimum absolute atomic E-state index is 0.0186. The van der Waals surface area contributed by atoms with Gasteiger partial charge < -0.3 is 14.8 Å². The zero-order chi connectivity index (χ0) is 19.4. The normalized spacial score (nSPS) is 10.2. The zero-order valence-corrected chi connectivity index (χ0v) is 14.5. The van der Waals surface area contributed by atoms with E-state index in [9.17, 15) is 14.9 Å². The van der Waals surface area contributed by atoms with Crippen LogP contribution in [0.5, 0.6) is 5.75 Å². The van der Waals surface area contributed by atoms with Crippen LogP contribution in [-0.4, -0.2) is 22.7 Å². The molecule has 1 aromatic heterocycles. The standard InChI is InChI=1S/C21H16N2O4/c1-13-2-4-15(5-3-13)19-10-17(18(11-22)21(26)23-19)14-6-8-16(9-7-14)27-12-20(24)25/h2-10H,12H2,1H3,(H,23,26)(H,24,25). The van der Waals surface area contributed by atoms with Crippen LogP contribution in [0.2, 0.25) is 0 Å². The molecule has 0 aliphatic carbocycles. The minimum Gasteiger partial charge on any atom is -0.482 e. The number of rotatable bonds is 5. The molecular weight excluding hydrogens is 344 g/mol. The van der Waals surface area contributed by atoms with Crippen molar-refractivity contribution >= 4 is 5.97 Å². The summed E-state index contributed by atoms with van der Waals surface area (Å²) in [4.78, 5) is 25.7. The van der Waals surface area contributed by atoms with E-state index in [0.717, 1.165) is 11.1 Å². The Bertz CT molecular complexity index is 1080. The summed E-state index contributed by atoms with van der Waals surface area (Å²) in [6.45, 7) is 1.54. The second-order valence-corrected chi connectivity index (χ2v) is 5.99. The van der Waals surface area contributed by atoms with E-state index in [1.54, 1.807) is 30.3 Å². The number of hydrogen-bond acceptors (Lipinski definition) is 4. The fourth-order valence-electron chi connectivity index (χ4n) is 2.66. The molecule has 0 fully saturated rings. The molecule has 6 nitrogen and oxygen atoms in total. The summed E-state index contributed by atoms with van der Waals surface area (Å²) in [6, 6.07) is 18.0. The van der Waals surface area contributed by atoms with E-state index in [1.807, 2.05) is 37.3 Å². The quantitative estimate of drug-likeness (QED) is 0.726. The highest BCUT2D eigenvalue weighted by molar-refractivity contribution is 5.75. The van der Waals surface area contributed by atoms with E-state index in [4.69, 9.17) is 9.84 Å². The number of nitrogens with zero attached hydrogens (tertiary/aromatic N) is 1. The first-order valence-corrected chi connectivity index (χ1v) is 8.17. The largest absolute Gasteiger partial charge is 0.482 e. The number of carbonyl (C=O) groups is 1. The van der Waals surface area contributed by atoms with Crippen molar-refractivity contribution in [2.75, 3.05) is 6.61 Å². The van der Waals surface area contributed by atoms with Gasteiger partial charge in [0.15, 0.2) is 6.61 Å². The van der Waals surface area contributed by atoms with Crippen LogP contribution in [0.4, 0.5) is 0 Å². The molecule has 0 saturated heterocycles. The van der Waals surface area contributed by atoms with E-state index >= 15 is 0 Å². The lowest BCUT2D eigenvalue weighted by Gasteiger charge is -2.09. The Morgan fingerprint density at radius 3 is 2.33 bits per heavy atom. The molecule has 2 aromatic carbocycles. The minimum atomic E-state index is -1.07. The smallest absolute Gasteiger partial charge is 0.341 e. The summed E-state index contributed by atoms with van der Waals surface area (Å²) in [7, 11) is 0. The van der Waals surface area contributed by atoms with Gasteiger partial charge >= 0.3 is 5.97 Å². The zero-order valence-electron chi connectivity index (χ0n) is 14.5. The van der Waals surface area contributed by atoms with Gasteiger partial charge in [-0.3, -0.25) is 4.79 Å². The first-order chi connectivity index (χ1) is 13.0. The lowest BCUT2D eigenvalue weighted by Crippen LogP contribution is -2.12. The summed E-state index contributed by atoms with van der Waals surface area (Å²) < 4.78 is 5.11. The maximum atomic E-state index is 12.4. The van der Waals surface area contributed by atoms with Crippen molar-refractivity contribution in [1.82, 2.24) is 4.98 Å². The van der Waals surface area contributed by atoms with Gasteiger partial charge in [-0.1, -0.05) is 42.0 Å². The number of H-pyrrole nitrogens is 1. The van der Waals surface area contributed by atoms with E-state index in [1.165, 1.54) is 0 Å². The molecule has 0 radical (unpaired) electrons. The fraction of sp³-hybridized carbons (Fsp3) is 0.0952. The highest BCUT2D eigenvalue weighted by Crippen LogP contribution is 2.27. The van der Waals surface area contributed by atoms with E-state index in [-0.39, 0.29) is 5.56 Å². The van der Waals surface area contributed by atoms with E-state index < -0.39 is 18.1 Å². The first kappa shape index (κ1) is 18.0. The van der Waals surface area contributed by atoms with Crippen molar-refractivity contribution in [3.05, 3.63) is 76.1 Å². The van der Waals surface area contributed by atoms with Crippen LogP contribution >= 0.6 is 0 Å². The number of aliphatic carboxylic acids is 1. The van der Waals surface area contributed by atoms with Crippen molar-refractivity contribution < 1.29 is 14.6 Å². The van der Waals surface area contributed by atoms with Gasteiger partial charge in [0.1, 0.15) is 17.4 Å². The summed E-state index contributed by atoms with van der Waals surface area (Å²) >= 11 is 0. The number of aromatic nitrogens is 1. The van der Waals surface area contributed by atoms with Crippen LogP contribution in [0.3, 0.4) is 0 Å². The van der Waals surface area contributed by atoms with Crippen LogP contribution in [0.1, 0.15) is 11.1 Å². The van der Waals surface area contributed by atoms with Crippen molar-refractivity contribution in [3.8, 4) is 34.2 Å². The molecule has 0 aliphatic heterocycles. The molecular formula is C21H16N2O4. The highest BCUT2D eigenvalue weighted by Gasteiger charge is 2.13. The summed E-state index contributed by atoms with van der Waals surface area (Å²) in [5, 5.41) is 18.1. The highest BCUT2D eigenvalue weighted by atomic mass is 16.5. The van der Waals surface area contributed by atoms with Gasteiger partial charge in [-0.2, -0.15) is 5.26 Å². The molecule has 0 aliphatic rings. The molecule has 3 rings (SSSR count). The average Bonchev–Trinajstić information content (AvgIpc) is 2.66. The SMILES string of the molecule is Cc1ccc(-c2cc(-c3ccc(OCC(=O)O)cc3)c(C#N)c(=O)[nH]2)cc1. The Hall–Kier alpha value is -3.85. The second kappa shape index (κ2) is 7.58. The molecule has 0 bridgehead atoms. The molecule has 0 unspecified atom stereocenters. The van der Waals surface area contributed by atoms with Crippen LogP contribution in [0, 0.1) is 18.3 Å². The predicted molar refractivity (Wildman–Crippen MR) is 101 cm³/mol. The van der Waals surface area contributed by atoms with Gasteiger partial charge in [0, 0.05) is 11.3 Å². The van der Waals surface area contributed by atoms with E-state index in [0.29, 0.717) is 22.6 Å². The number of ether oxygens (including phenoxy) is 1. The number of benzene rings is 2. The third-order valence-electron chi connectivity index (χ3n) is 4.04. The lowest BCUT2D eigenvalue weighted by molar-refractivity contribution is -0.139. The Labute approximate surface area is 155 Å². The number of pyridine rings is 1. The summed E-state index contributed by atoms with van der Waals surface area (Å²) in [5.41, 5.74) is 3.27. The Morgan fingerprint density at radius 1 is 1.11 bits per heavy atom. The van der Waals surface area contributed by atoms with Crippen molar-refractivity contribution in [1.29, 1.82) is 5.26 Å². The number of aryl methyl sites for hydroxylation is 1.